The number of unbranched alkanes of at least 4 members (excludes halogenated alkanes) is 2. The molecule has 0 spiro atoms. The van der Waals surface area contributed by atoms with Crippen LogP contribution in [0.1, 0.15) is 58.9 Å². The van der Waals surface area contributed by atoms with E-state index in [0.29, 0.717) is 0 Å². The first-order chi connectivity index (χ1) is 8.03. The minimum absolute atomic E-state index is 0.730. The van der Waals surface area contributed by atoms with Gasteiger partial charge in [0.25, 0.3) is 0 Å². The summed E-state index contributed by atoms with van der Waals surface area (Å²) >= 11 is 0. The van der Waals surface area contributed by atoms with E-state index < -0.39 is 11.6 Å². The molecule has 0 nitrogen and oxygen atoms in total. The van der Waals surface area contributed by atoms with Crippen molar-refractivity contribution in [2.45, 2.75) is 60.3 Å². The Morgan fingerprint density at radius 2 is 1.35 bits per heavy atom. The lowest BCUT2D eigenvalue weighted by molar-refractivity contribution is 0.508. The highest BCUT2D eigenvalue weighted by Gasteiger charge is 1.97. The van der Waals surface area contributed by atoms with Crippen LogP contribution in [-0.2, 0) is 0 Å². The van der Waals surface area contributed by atoms with Gasteiger partial charge in [0.1, 0.15) is 0 Å². The van der Waals surface area contributed by atoms with Crippen molar-refractivity contribution in [3.63, 3.8) is 0 Å². The lowest BCUT2D eigenvalue weighted by atomic mass is 10.2. The van der Waals surface area contributed by atoms with Crippen LogP contribution in [0.25, 0.3) is 0 Å². The van der Waals surface area contributed by atoms with E-state index in [1.807, 2.05) is 0 Å². The number of aryl methyl sites for hydroxylation is 1. The first-order valence-electron chi connectivity index (χ1n) is 6.44. The maximum absolute atomic E-state index is 12.2. The summed E-state index contributed by atoms with van der Waals surface area (Å²) in [7, 11) is 0. The summed E-state index contributed by atoms with van der Waals surface area (Å²) in [4.78, 5) is 0. The zero-order chi connectivity index (χ0) is 13.7. The molecule has 1 aromatic carbocycles. The molecule has 1 rings (SSSR count). The normalized spacial score (nSPS) is 8.65. The average molecular weight is 244 g/mol. The third-order valence-electron chi connectivity index (χ3n) is 1.78. The largest absolute Gasteiger partial charge is 0.204 e. The zero-order valence-electron chi connectivity index (χ0n) is 11.8. The molecule has 17 heavy (non-hydrogen) atoms. The minimum atomic E-state index is -0.791. The van der Waals surface area contributed by atoms with Crippen LogP contribution in [0.15, 0.2) is 18.2 Å². The molecule has 0 aliphatic rings. The fraction of sp³-hybridized carbons (Fsp3) is 0.600. The quantitative estimate of drug-likeness (QED) is 0.609. The van der Waals surface area contributed by atoms with Crippen molar-refractivity contribution in [3.05, 3.63) is 35.4 Å². The highest BCUT2D eigenvalue weighted by molar-refractivity contribution is 5.15. The molecule has 0 N–H and O–H groups in total. The van der Waals surface area contributed by atoms with Crippen molar-refractivity contribution in [1.82, 2.24) is 0 Å². The van der Waals surface area contributed by atoms with E-state index in [1.165, 1.54) is 31.7 Å². The second-order valence-electron chi connectivity index (χ2n) is 3.98. The Labute approximate surface area is 105 Å². The highest BCUT2D eigenvalue weighted by Crippen LogP contribution is 2.06. The molecule has 0 radical (unpaired) electrons. The number of halogens is 2. The molecule has 0 aliphatic carbocycles. The number of rotatable bonds is 2. The minimum Gasteiger partial charge on any atom is -0.204 e. The average Bonchev–Trinajstić information content (AvgIpc) is 2.27. The van der Waals surface area contributed by atoms with Crippen LogP contribution >= 0.6 is 0 Å². The molecule has 0 amide bonds. The molecule has 0 saturated carbocycles. The number of hydrogen-bond acceptors (Lipinski definition) is 0. The van der Waals surface area contributed by atoms with Crippen molar-refractivity contribution in [3.8, 4) is 0 Å². The number of benzene rings is 1. The third-order valence-corrected chi connectivity index (χ3v) is 1.78. The van der Waals surface area contributed by atoms with Crippen molar-refractivity contribution in [1.29, 1.82) is 0 Å². The molecule has 0 bridgehead atoms. The van der Waals surface area contributed by atoms with E-state index >= 15 is 0 Å². The van der Waals surface area contributed by atoms with Gasteiger partial charge in [-0.3, -0.25) is 0 Å². The monoisotopic (exact) mass is 244 g/mol. The van der Waals surface area contributed by atoms with Gasteiger partial charge in [-0.25, -0.2) is 8.78 Å². The van der Waals surface area contributed by atoms with Crippen molar-refractivity contribution < 1.29 is 8.78 Å². The fourth-order valence-electron chi connectivity index (χ4n) is 0.955. The van der Waals surface area contributed by atoms with Crippen LogP contribution in [0.3, 0.4) is 0 Å². The van der Waals surface area contributed by atoms with Gasteiger partial charge in [-0.15, -0.1) is 0 Å². The van der Waals surface area contributed by atoms with Gasteiger partial charge in [-0.2, -0.15) is 0 Å². The van der Waals surface area contributed by atoms with Gasteiger partial charge < -0.3 is 0 Å². The maximum atomic E-state index is 12.2. The molecule has 0 aromatic heterocycles. The second-order valence-corrected chi connectivity index (χ2v) is 3.98. The molecule has 1 aromatic rings. The standard InChI is InChI=1S/C7H6F2.C5H12.C3H8/c1-5-2-3-6(8)7(9)4-5;1-3-5-4-2;1-3-2/h2-4H,1H3;3-5H2,1-2H3;3H2,1-2H3. The molecule has 0 heterocycles. The van der Waals surface area contributed by atoms with Gasteiger partial charge in [0.15, 0.2) is 11.6 Å². The lowest BCUT2D eigenvalue weighted by Gasteiger charge is -1.91. The first kappa shape index (κ1) is 18.4. The highest BCUT2D eigenvalue weighted by atomic mass is 19.2. The lowest BCUT2D eigenvalue weighted by Crippen LogP contribution is -1.82. The fourth-order valence-corrected chi connectivity index (χ4v) is 0.955. The molecule has 0 unspecified atom stereocenters. The van der Waals surface area contributed by atoms with E-state index in [-0.39, 0.29) is 0 Å². The van der Waals surface area contributed by atoms with E-state index in [1.54, 1.807) is 6.92 Å². The Kier molecular flexibility index (Phi) is 14.3. The molecular formula is C15H26F2. The van der Waals surface area contributed by atoms with Gasteiger partial charge in [-0.05, 0) is 24.6 Å². The van der Waals surface area contributed by atoms with Crippen LogP contribution in [0.5, 0.6) is 0 Å². The Hall–Kier alpha value is -0.920. The van der Waals surface area contributed by atoms with Gasteiger partial charge in [0, 0.05) is 0 Å². The summed E-state index contributed by atoms with van der Waals surface area (Å²) in [6.07, 6.45) is 5.33. The van der Waals surface area contributed by atoms with Gasteiger partial charge in [-0.1, -0.05) is 59.4 Å². The van der Waals surface area contributed by atoms with Gasteiger partial charge in [0.05, 0.1) is 0 Å². The van der Waals surface area contributed by atoms with Crippen LogP contribution in [0.2, 0.25) is 0 Å². The Balaban J connectivity index is 0. The summed E-state index contributed by atoms with van der Waals surface area (Å²) < 4.78 is 24.3. The SMILES string of the molecule is CCC.CCCCC.Cc1ccc(F)c(F)c1. The zero-order valence-corrected chi connectivity index (χ0v) is 11.8. The Bertz CT molecular complexity index is 268. The van der Waals surface area contributed by atoms with E-state index in [9.17, 15) is 8.78 Å². The maximum Gasteiger partial charge on any atom is 0.159 e. The van der Waals surface area contributed by atoms with E-state index in [0.717, 1.165) is 17.7 Å². The third kappa shape index (κ3) is 13.0. The summed E-state index contributed by atoms with van der Waals surface area (Å²) in [6.45, 7) is 10.4. The summed E-state index contributed by atoms with van der Waals surface area (Å²) in [5.41, 5.74) is 0.730. The van der Waals surface area contributed by atoms with Gasteiger partial charge >= 0.3 is 0 Å². The van der Waals surface area contributed by atoms with Crippen LogP contribution in [0.4, 0.5) is 8.78 Å². The summed E-state index contributed by atoms with van der Waals surface area (Å²) in [6, 6.07) is 3.80. The van der Waals surface area contributed by atoms with Crippen molar-refractivity contribution >= 4 is 0 Å². The summed E-state index contributed by atoms with van der Waals surface area (Å²) in [5.74, 6) is -1.57. The first-order valence-corrected chi connectivity index (χ1v) is 6.44. The predicted octanol–water partition coefficient (Wildman–Crippen LogP) is 5.89. The smallest absolute Gasteiger partial charge is 0.159 e. The molecular weight excluding hydrogens is 218 g/mol. The Morgan fingerprint density at radius 3 is 1.59 bits per heavy atom. The second kappa shape index (κ2) is 13.1. The van der Waals surface area contributed by atoms with Crippen molar-refractivity contribution in [2.24, 2.45) is 0 Å². The van der Waals surface area contributed by atoms with Crippen molar-refractivity contribution in [2.75, 3.05) is 0 Å². The predicted molar refractivity (Wildman–Crippen MR) is 72.3 cm³/mol. The van der Waals surface area contributed by atoms with Crippen LogP contribution < -0.4 is 0 Å². The van der Waals surface area contributed by atoms with E-state index in [2.05, 4.69) is 27.7 Å². The Morgan fingerprint density at radius 1 is 0.882 bits per heavy atom. The van der Waals surface area contributed by atoms with E-state index in [4.69, 9.17) is 0 Å². The molecule has 100 valence electrons. The molecule has 0 saturated heterocycles. The summed E-state index contributed by atoms with van der Waals surface area (Å²) in [5, 5.41) is 0. The van der Waals surface area contributed by atoms with Gasteiger partial charge in [0.2, 0.25) is 0 Å². The van der Waals surface area contributed by atoms with Crippen LogP contribution in [-0.4, -0.2) is 0 Å². The molecule has 0 atom stereocenters. The topological polar surface area (TPSA) is 0 Å². The molecule has 0 aliphatic heterocycles. The van der Waals surface area contributed by atoms with Crippen LogP contribution in [0, 0.1) is 18.6 Å². The number of hydrogen-bond donors (Lipinski definition) is 0. The molecule has 2 heteroatoms. The molecule has 0 fully saturated rings.